The fourth-order valence-corrected chi connectivity index (χ4v) is 3.30. The zero-order valence-electron chi connectivity index (χ0n) is 10.5. The van der Waals surface area contributed by atoms with E-state index in [4.69, 9.17) is 0 Å². The fraction of sp³-hybridized carbons (Fsp3) is 0.167. The summed E-state index contributed by atoms with van der Waals surface area (Å²) in [7, 11) is 0. The maximum Gasteiger partial charge on any atom is 0.257 e. The van der Waals surface area contributed by atoms with Crippen molar-refractivity contribution in [3.63, 3.8) is 0 Å². The number of nitrogens with one attached hydrogen (secondary N) is 1. The van der Waals surface area contributed by atoms with Gasteiger partial charge in [0.25, 0.3) is 5.91 Å². The topological polar surface area (TPSA) is 72.0 Å². The molecule has 1 aromatic heterocycles. The van der Waals surface area contributed by atoms with Crippen LogP contribution < -0.4 is 5.32 Å². The molecular formula is C12H11N3O2S3. The van der Waals surface area contributed by atoms with Gasteiger partial charge >= 0.3 is 0 Å². The van der Waals surface area contributed by atoms with Gasteiger partial charge in [0, 0.05) is 5.56 Å². The molecule has 0 unspecified atom stereocenters. The molecule has 2 rings (SSSR count). The number of rotatable bonds is 5. The molecule has 8 heteroatoms. The van der Waals surface area contributed by atoms with Crippen LogP contribution in [-0.4, -0.2) is 33.2 Å². The van der Waals surface area contributed by atoms with Crippen molar-refractivity contribution in [3.8, 4) is 0 Å². The van der Waals surface area contributed by atoms with Gasteiger partial charge < -0.3 is 0 Å². The van der Waals surface area contributed by atoms with Crippen molar-refractivity contribution >= 4 is 46.9 Å². The minimum Gasteiger partial charge on any atom is -0.292 e. The average molecular weight is 325 g/mol. The number of aromatic nitrogens is 2. The first kappa shape index (κ1) is 15.0. The molecule has 0 bridgehead atoms. The first-order valence-corrected chi connectivity index (χ1v) is 8.57. The molecule has 2 aromatic rings. The monoisotopic (exact) mass is 325 g/mol. The Morgan fingerprint density at radius 2 is 2.05 bits per heavy atom. The van der Waals surface area contributed by atoms with E-state index >= 15 is 0 Å². The Hall–Kier alpha value is -1.38. The number of imide groups is 1. The SMILES string of the molecule is CSc1nsc(SCC(=O)NC(=O)c2ccccc2)n1. The van der Waals surface area contributed by atoms with Gasteiger partial charge in [-0.05, 0) is 29.9 Å². The lowest BCUT2D eigenvalue weighted by molar-refractivity contribution is -0.117. The second-order valence-electron chi connectivity index (χ2n) is 3.58. The van der Waals surface area contributed by atoms with Crippen molar-refractivity contribution in [1.29, 1.82) is 0 Å². The van der Waals surface area contributed by atoms with Crippen molar-refractivity contribution in [1.82, 2.24) is 14.7 Å². The van der Waals surface area contributed by atoms with E-state index in [9.17, 15) is 9.59 Å². The summed E-state index contributed by atoms with van der Waals surface area (Å²) < 4.78 is 4.81. The number of nitrogens with zero attached hydrogens (tertiary/aromatic N) is 2. The molecule has 5 nitrogen and oxygen atoms in total. The predicted molar refractivity (Wildman–Crippen MR) is 81.3 cm³/mol. The molecule has 0 aliphatic heterocycles. The third-order valence-corrected chi connectivity index (χ3v) is 4.68. The van der Waals surface area contributed by atoms with Crippen molar-refractivity contribution in [3.05, 3.63) is 35.9 Å². The van der Waals surface area contributed by atoms with E-state index in [1.165, 1.54) is 35.1 Å². The van der Waals surface area contributed by atoms with Gasteiger partial charge in [0.05, 0.1) is 5.75 Å². The molecule has 20 heavy (non-hydrogen) atoms. The van der Waals surface area contributed by atoms with Crippen LogP contribution in [0.4, 0.5) is 0 Å². The van der Waals surface area contributed by atoms with Gasteiger partial charge in [-0.25, -0.2) is 4.98 Å². The summed E-state index contributed by atoms with van der Waals surface area (Å²) in [6.07, 6.45) is 1.89. The molecule has 1 aromatic carbocycles. The molecule has 0 spiro atoms. The van der Waals surface area contributed by atoms with E-state index in [2.05, 4.69) is 14.7 Å². The largest absolute Gasteiger partial charge is 0.292 e. The number of hydrogen-bond acceptors (Lipinski definition) is 7. The Balaban J connectivity index is 1.82. The van der Waals surface area contributed by atoms with Gasteiger partial charge in [0.2, 0.25) is 11.1 Å². The molecule has 0 aliphatic rings. The highest BCUT2D eigenvalue weighted by Crippen LogP contribution is 2.23. The molecular weight excluding hydrogens is 314 g/mol. The van der Waals surface area contributed by atoms with E-state index in [-0.39, 0.29) is 11.7 Å². The van der Waals surface area contributed by atoms with Crippen molar-refractivity contribution in [2.24, 2.45) is 0 Å². The standard InChI is InChI=1S/C12H11N3O2S3/c1-18-11-14-12(20-15-11)19-7-9(16)13-10(17)8-5-3-2-4-6-8/h2-6H,7H2,1H3,(H,13,16,17). The highest BCUT2D eigenvalue weighted by atomic mass is 32.2. The Bertz CT molecular complexity index is 601. The third kappa shape index (κ3) is 4.32. The highest BCUT2D eigenvalue weighted by molar-refractivity contribution is 8.01. The second kappa shape index (κ2) is 7.41. The molecule has 0 saturated heterocycles. The molecule has 1 N–H and O–H groups in total. The van der Waals surface area contributed by atoms with Gasteiger partial charge in [-0.15, -0.1) is 0 Å². The highest BCUT2D eigenvalue weighted by Gasteiger charge is 2.11. The van der Waals surface area contributed by atoms with Crippen LogP contribution in [0.2, 0.25) is 0 Å². The molecule has 0 fully saturated rings. The Morgan fingerprint density at radius 3 is 2.70 bits per heavy atom. The maximum absolute atomic E-state index is 11.7. The summed E-state index contributed by atoms with van der Waals surface area (Å²) in [5.74, 6) is -0.593. The van der Waals surface area contributed by atoms with Crippen LogP contribution in [-0.2, 0) is 4.79 Å². The summed E-state index contributed by atoms with van der Waals surface area (Å²) in [6.45, 7) is 0. The smallest absolute Gasteiger partial charge is 0.257 e. The number of hydrogen-bond donors (Lipinski definition) is 1. The summed E-state index contributed by atoms with van der Waals surface area (Å²) in [6, 6.07) is 8.63. The maximum atomic E-state index is 11.7. The Labute approximate surface area is 128 Å². The number of amides is 2. The van der Waals surface area contributed by atoms with E-state index in [0.717, 1.165) is 4.34 Å². The molecule has 2 amide bonds. The lowest BCUT2D eigenvalue weighted by Gasteiger charge is -2.02. The Kier molecular flexibility index (Phi) is 5.57. The molecule has 104 valence electrons. The van der Waals surface area contributed by atoms with Crippen LogP contribution in [0.25, 0.3) is 0 Å². The lowest BCUT2D eigenvalue weighted by Crippen LogP contribution is -2.31. The first-order valence-electron chi connectivity index (χ1n) is 5.59. The molecule has 1 heterocycles. The van der Waals surface area contributed by atoms with E-state index in [0.29, 0.717) is 10.7 Å². The Morgan fingerprint density at radius 1 is 1.30 bits per heavy atom. The predicted octanol–water partition coefficient (Wildman–Crippen LogP) is 2.31. The third-order valence-electron chi connectivity index (χ3n) is 2.19. The summed E-state index contributed by atoms with van der Waals surface area (Å²) in [4.78, 5) is 27.6. The van der Waals surface area contributed by atoms with Crippen LogP contribution in [0.3, 0.4) is 0 Å². The van der Waals surface area contributed by atoms with E-state index in [1.54, 1.807) is 24.3 Å². The second-order valence-corrected chi connectivity index (χ2v) is 6.33. The number of carbonyl (C=O) groups excluding carboxylic acids is 2. The van der Waals surface area contributed by atoms with E-state index in [1.807, 2.05) is 12.3 Å². The first-order chi connectivity index (χ1) is 9.69. The normalized spacial score (nSPS) is 10.2. The average Bonchev–Trinajstić information content (AvgIpc) is 2.94. The lowest BCUT2D eigenvalue weighted by atomic mass is 10.2. The molecule has 0 saturated carbocycles. The van der Waals surface area contributed by atoms with Crippen LogP contribution in [0, 0.1) is 0 Å². The van der Waals surface area contributed by atoms with Gasteiger partial charge in [-0.3, -0.25) is 14.9 Å². The van der Waals surface area contributed by atoms with E-state index < -0.39 is 5.91 Å². The summed E-state index contributed by atoms with van der Waals surface area (Å²) in [5.41, 5.74) is 0.464. The number of carbonyl (C=O) groups is 2. The van der Waals surface area contributed by atoms with Gasteiger partial charge in [-0.1, -0.05) is 41.7 Å². The molecule has 0 radical (unpaired) electrons. The van der Waals surface area contributed by atoms with Gasteiger partial charge in [0.1, 0.15) is 0 Å². The van der Waals surface area contributed by atoms with Crippen LogP contribution in [0.15, 0.2) is 39.8 Å². The van der Waals surface area contributed by atoms with Gasteiger partial charge in [0.15, 0.2) is 4.34 Å². The van der Waals surface area contributed by atoms with Crippen LogP contribution >= 0.6 is 35.1 Å². The molecule has 0 aliphatic carbocycles. The zero-order chi connectivity index (χ0) is 14.4. The summed E-state index contributed by atoms with van der Waals surface area (Å²) in [5, 5.41) is 3.03. The summed E-state index contributed by atoms with van der Waals surface area (Å²) >= 11 is 3.97. The minimum absolute atomic E-state index is 0.140. The quantitative estimate of drug-likeness (QED) is 0.851. The fourth-order valence-electron chi connectivity index (χ4n) is 1.29. The molecule has 0 atom stereocenters. The van der Waals surface area contributed by atoms with Crippen LogP contribution in [0.5, 0.6) is 0 Å². The number of thioether (sulfide) groups is 2. The minimum atomic E-state index is -0.390. The number of benzene rings is 1. The zero-order valence-corrected chi connectivity index (χ0v) is 13.0. The van der Waals surface area contributed by atoms with Crippen LogP contribution in [0.1, 0.15) is 10.4 Å². The van der Waals surface area contributed by atoms with Crippen molar-refractivity contribution in [2.75, 3.05) is 12.0 Å². The van der Waals surface area contributed by atoms with Crippen molar-refractivity contribution in [2.45, 2.75) is 9.50 Å². The van der Waals surface area contributed by atoms with Gasteiger partial charge in [-0.2, -0.15) is 4.37 Å². The van der Waals surface area contributed by atoms with Crippen molar-refractivity contribution < 1.29 is 9.59 Å².